The Balaban J connectivity index is 2.06. The van der Waals surface area contributed by atoms with Crippen LogP contribution < -0.4 is 20.2 Å². The molecule has 2 rings (SSSR count). The molecule has 0 spiro atoms. The van der Waals surface area contributed by atoms with Crippen LogP contribution in [-0.4, -0.2) is 50.4 Å². The van der Waals surface area contributed by atoms with E-state index >= 15 is 0 Å². The fourth-order valence-electron chi connectivity index (χ4n) is 2.89. The zero-order valence-corrected chi connectivity index (χ0v) is 22.1. The molecule has 0 saturated carbocycles. The molecule has 0 aromatic heterocycles. The predicted molar refractivity (Wildman–Crippen MR) is 136 cm³/mol. The molecule has 0 heterocycles. The molecule has 2 aromatic carbocycles. The highest BCUT2D eigenvalue weighted by molar-refractivity contribution is 9.10. The Bertz CT molecular complexity index is 1080. The van der Waals surface area contributed by atoms with Crippen molar-refractivity contribution >= 4 is 51.5 Å². The summed E-state index contributed by atoms with van der Waals surface area (Å²) in [5.74, 6) is -0.881. The standard InChI is InChI=1S/C24H27BrClN3O6/c1-5-34-20(30)13-35-22-18(25)10-15(11-19(22)33-4)12-27-29-24(32)21(14(2)3)28-23(31)16-6-8-17(26)9-7-16/h6-12,14,21H,5,13H2,1-4H3,(H,28,31)(H,29,32)/b27-12+. The van der Waals surface area contributed by atoms with Crippen LogP contribution in [0.5, 0.6) is 11.5 Å². The Labute approximate surface area is 217 Å². The third kappa shape index (κ3) is 8.56. The first-order valence-corrected chi connectivity index (χ1v) is 11.9. The highest BCUT2D eigenvalue weighted by Gasteiger charge is 2.24. The molecule has 0 radical (unpaired) electrons. The van der Waals surface area contributed by atoms with Crippen LogP contribution in [-0.2, 0) is 14.3 Å². The maximum absolute atomic E-state index is 12.7. The van der Waals surface area contributed by atoms with Crippen LogP contribution in [0, 0.1) is 5.92 Å². The fraction of sp³-hybridized carbons (Fsp3) is 0.333. The van der Waals surface area contributed by atoms with Crippen molar-refractivity contribution in [3.05, 3.63) is 57.0 Å². The van der Waals surface area contributed by atoms with Crippen LogP contribution in [0.4, 0.5) is 0 Å². The van der Waals surface area contributed by atoms with E-state index < -0.39 is 23.8 Å². The van der Waals surface area contributed by atoms with Gasteiger partial charge >= 0.3 is 5.97 Å². The Morgan fingerprint density at radius 1 is 1.17 bits per heavy atom. The van der Waals surface area contributed by atoms with Crippen LogP contribution in [0.2, 0.25) is 5.02 Å². The Morgan fingerprint density at radius 2 is 1.86 bits per heavy atom. The van der Waals surface area contributed by atoms with Gasteiger partial charge in [-0.15, -0.1) is 0 Å². The molecule has 11 heteroatoms. The van der Waals surface area contributed by atoms with E-state index in [2.05, 4.69) is 31.8 Å². The van der Waals surface area contributed by atoms with Gasteiger partial charge in [0, 0.05) is 10.6 Å². The Kier molecular flexibility index (Phi) is 11.0. The lowest BCUT2D eigenvalue weighted by Gasteiger charge is -2.20. The summed E-state index contributed by atoms with van der Waals surface area (Å²) in [6.45, 7) is 5.31. The van der Waals surface area contributed by atoms with Crippen molar-refractivity contribution < 1.29 is 28.6 Å². The van der Waals surface area contributed by atoms with Crippen molar-refractivity contribution in [3.63, 3.8) is 0 Å². The number of halogens is 2. The zero-order chi connectivity index (χ0) is 26.0. The number of benzene rings is 2. The van der Waals surface area contributed by atoms with Gasteiger partial charge in [0.1, 0.15) is 6.04 Å². The van der Waals surface area contributed by atoms with Gasteiger partial charge in [0.2, 0.25) is 0 Å². The molecule has 2 N–H and O–H groups in total. The number of carbonyl (C=O) groups excluding carboxylic acids is 3. The number of esters is 1. The van der Waals surface area contributed by atoms with Crippen LogP contribution in [0.15, 0.2) is 46.0 Å². The number of nitrogens with zero attached hydrogens (tertiary/aromatic N) is 1. The van der Waals surface area contributed by atoms with E-state index in [9.17, 15) is 14.4 Å². The molecule has 0 fully saturated rings. The van der Waals surface area contributed by atoms with Gasteiger partial charge in [-0.25, -0.2) is 10.2 Å². The summed E-state index contributed by atoms with van der Waals surface area (Å²) in [5.41, 5.74) is 3.42. The van der Waals surface area contributed by atoms with E-state index in [1.165, 1.54) is 13.3 Å². The molecular weight excluding hydrogens is 542 g/mol. The summed E-state index contributed by atoms with van der Waals surface area (Å²) in [6.07, 6.45) is 1.42. The van der Waals surface area contributed by atoms with E-state index in [0.29, 0.717) is 32.1 Å². The summed E-state index contributed by atoms with van der Waals surface area (Å²) < 4.78 is 16.2. The molecule has 0 aliphatic heterocycles. The lowest BCUT2D eigenvalue weighted by atomic mass is 10.0. The smallest absolute Gasteiger partial charge is 0.344 e. The second-order valence-corrected chi connectivity index (χ2v) is 8.85. The average molecular weight is 569 g/mol. The van der Waals surface area contributed by atoms with Gasteiger partial charge in [0.05, 0.1) is 24.4 Å². The number of amides is 2. The van der Waals surface area contributed by atoms with Crippen molar-refractivity contribution in [1.29, 1.82) is 0 Å². The highest BCUT2D eigenvalue weighted by Crippen LogP contribution is 2.36. The quantitative estimate of drug-likeness (QED) is 0.241. The average Bonchev–Trinajstić information content (AvgIpc) is 2.81. The number of nitrogens with one attached hydrogen (secondary N) is 2. The summed E-state index contributed by atoms with van der Waals surface area (Å²) in [6, 6.07) is 8.86. The lowest BCUT2D eigenvalue weighted by molar-refractivity contribution is -0.145. The number of methoxy groups -OCH3 is 1. The minimum atomic E-state index is -0.810. The molecule has 0 saturated heterocycles. The number of rotatable bonds is 11. The maximum Gasteiger partial charge on any atom is 0.344 e. The van der Waals surface area contributed by atoms with Gasteiger partial charge in [-0.3, -0.25) is 9.59 Å². The molecular formula is C24H27BrClN3O6. The predicted octanol–water partition coefficient (Wildman–Crippen LogP) is 3.96. The maximum atomic E-state index is 12.7. The first-order valence-electron chi connectivity index (χ1n) is 10.7. The van der Waals surface area contributed by atoms with Crippen molar-refractivity contribution in [2.45, 2.75) is 26.8 Å². The monoisotopic (exact) mass is 567 g/mol. The normalized spacial score (nSPS) is 11.7. The second kappa shape index (κ2) is 13.7. The molecule has 0 aliphatic carbocycles. The van der Waals surface area contributed by atoms with Crippen LogP contribution in [0.3, 0.4) is 0 Å². The van der Waals surface area contributed by atoms with Gasteiger partial charge in [0.15, 0.2) is 18.1 Å². The van der Waals surface area contributed by atoms with Crippen molar-refractivity contribution in [1.82, 2.24) is 10.7 Å². The lowest BCUT2D eigenvalue weighted by Crippen LogP contribution is -2.48. The molecule has 2 aromatic rings. The molecule has 2 amide bonds. The minimum absolute atomic E-state index is 0.188. The van der Waals surface area contributed by atoms with Crippen molar-refractivity contribution in [2.24, 2.45) is 11.0 Å². The number of hydrogen-bond acceptors (Lipinski definition) is 7. The SMILES string of the molecule is CCOC(=O)COc1c(Br)cc(/C=N/NC(=O)C(NC(=O)c2ccc(Cl)cc2)C(C)C)cc1OC. The largest absolute Gasteiger partial charge is 0.493 e. The number of ether oxygens (including phenoxy) is 3. The first kappa shape index (κ1) is 28.1. The summed E-state index contributed by atoms with van der Waals surface area (Å²) in [5, 5.41) is 7.22. The topological polar surface area (TPSA) is 115 Å². The molecule has 188 valence electrons. The molecule has 1 atom stereocenters. The fourth-order valence-corrected chi connectivity index (χ4v) is 3.59. The van der Waals surface area contributed by atoms with E-state index in [-0.39, 0.29) is 19.1 Å². The second-order valence-electron chi connectivity index (χ2n) is 7.56. The third-order valence-corrected chi connectivity index (χ3v) is 5.46. The first-order chi connectivity index (χ1) is 16.7. The Morgan fingerprint density at radius 3 is 2.46 bits per heavy atom. The summed E-state index contributed by atoms with van der Waals surface area (Å²) >= 11 is 9.24. The zero-order valence-electron chi connectivity index (χ0n) is 19.8. The number of carbonyl (C=O) groups is 3. The van der Waals surface area contributed by atoms with E-state index in [4.69, 9.17) is 25.8 Å². The van der Waals surface area contributed by atoms with E-state index in [1.54, 1.807) is 43.3 Å². The van der Waals surface area contributed by atoms with E-state index in [1.807, 2.05) is 13.8 Å². The number of hydrogen-bond donors (Lipinski definition) is 2. The third-order valence-electron chi connectivity index (χ3n) is 4.62. The van der Waals surface area contributed by atoms with Gasteiger partial charge < -0.3 is 19.5 Å². The summed E-state index contributed by atoms with van der Waals surface area (Å²) in [4.78, 5) is 36.8. The van der Waals surface area contributed by atoms with Crippen molar-refractivity contribution in [2.75, 3.05) is 20.3 Å². The highest BCUT2D eigenvalue weighted by atomic mass is 79.9. The number of hydrazone groups is 1. The molecule has 0 aliphatic rings. The Hall–Kier alpha value is -3.11. The van der Waals surface area contributed by atoms with Crippen LogP contribution >= 0.6 is 27.5 Å². The van der Waals surface area contributed by atoms with Gasteiger partial charge in [-0.05, 0) is 70.7 Å². The molecule has 0 bridgehead atoms. The molecule has 35 heavy (non-hydrogen) atoms. The van der Waals surface area contributed by atoms with Gasteiger partial charge in [-0.2, -0.15) is 5.10 Å². The van der Waals surface area contributed by atoms with Crippen LogP contribution in [0.25, 0.3) is 0 Å². The van der Waals surface area contributed by atoms with Crippen molar-refractivity contribution in [3.8, 4) is 11.5 Å². The van der Waals surface area contributed by atoms with Gasteiger partial charge in [0.25, 0.3) is 11.8 Å². The minimum Gasteiger partial charge on any atom is -0.493 e. The van der Waals surface area contributed by atoms with Crippen LogP contribution in [0.1, 0.15) is 36.7 Å². The van der Waals surface area contributed by atoms with Gasteiger partial charge in [-0.1, -0.05) is 25.4 Å². The molecule has 1 unspecified atom stereocenters. The van der Waals surface area contributed by atoms with E-state index in [0.717, 1.165) is 0 Å². The summed E-state index contributed by atoms with van der Waals surface area (Å²) in [7, 11) is 1.46. The molecule has 9 nitrogen and oxygen atoms in total.